The maximum absolute atomic E-state index is 12.1. The summed E-state index contributed by atoms with van der Waals surface area (Å²) in [6.45, 7) is 5.38. The average Bonchev–Trinajstić information content (AvgIpc) is 2.42. The molecule has 0 aliphatic heterocycles. The molecular formula is C16H21NO3. The maximum atomic E-state index is 12.1. The van der Waals surface area contributed by atoms with E-state index >= 15 is 0 Å². The number of methoxy groups -OCH3 is 1. The third-order valence-electron chi connectivity index (χ3n) is 3.01. The van der Waals surface area contributed by atoms with Crippen molar-refractivity contribution in [2.45, 2.75) is 32.8 Å². The quantitative estimate of drug-likeness (QED) is 0.827. The number of aliphatic hydroxyl groups is 1. The van der Waals surface area contributed by atoms with Crippen LogP contribution in [0.4, 0.5) is 5.69 Å². The summed E-state index contributed by atoms with van der Waals surface area (Å²) in [5, 5.41) is 11.6. The molecule has 0 aliphatic rings. The van der Waals surface area contributed by atoms with Gasteiger partial charge in [0.2, 0.25) is 0 Å². The van der Waals surface area contributed by atoms with Gasteiger partial charge in [0, 0.05) is 24.8 Å². The minimum Gasteiger partial charge on any atom is -0.395 e. The number of carbonyl (C=O) groups is 1. The second-order valence-corrected chi connectivity index (χ2v) is 4.97. The average molecular weight is 275 g/mol. The van der Waals surface area contributed by atoms with Crippen LogP contribution < -0.4 is 5.32 Å². The van der Waals surface area contributed by atoms with Crippen molar-refractivity contribution in [2.24, 2.45) is 0 Å². The van der Waals surface area contributed by atoms with Crippen molar-refractivity contribution < 1.29 is 14.6 Å². The molecule has 2 N–H and O–H groups in total. The normalized spacial score (nSPS) is 10.7. The number of nitrogens with one attached hydrogen (secondary N) is 1. The van der Waals surface area contributed by atoms with Crippen LogP contribution in [0.2, 0.25) is 0 Å². The second kappa shape index (κ2) is 7.09. The first kappa shape index (κ1) is 16.2. The van der Waals surface area contributed by atoms with Gasteiger partial charge in [-0.25, -0.2) is 0 Å². The van der Waals surface area contributed by atoms with E-state index in [1.54, 1.807) is 13.8 Å². The Bertz CT molecular complexity index is 538. The molecule has 0 unspecified atom stereocenters. The molecule has 1 amide bonds. The van der Waals surface area contributed by atoms with Crippen molar-refractivity contribution in [3.63, 3.8) is 0 Å². The van der Waals surface area contributed by atoms with Gasteiger partial charge >= 0.3 is 0 Å². The fourth-order valence-corrected chi connectivity index (χ4v) is 1.42. The number of hydrogen-bond donors (Lipinski definition) is 2. The van der Waals surface area contributed by atoms with Gasteiger partial charge in [0.05, 0.1) is 6.61 Å². The Labute approximate surface area is 120 Å². The van der Waals surface area contributed by atoms with Crippen LogP contribution in [0.25, 0.3) is 0 Å². The third kappa shape index (κ3) is 4.37. The molecule has 4 heteroatoms. The predicted molar refractivity (Wildman–Crippen MR) is 79.5 cm³/mol. The van der Waals surface area contributed by atoms with E-state index < -0.39 is 5.60 Å². The molecule has 0 spiro atoms. The number of rotatable bonds is 4. The van der Waals surface area contributed by atoms with E-state index in [9.17, 15) is 4.79 Å². The van der Waals surface area contributed by atoms with E-state index in [0.717, 1.165) is 16.8 Å². The number of amides is 1. The number of anilines is 1. The molecule has 1 rings (SSSR count). The number of benzene rings is 1. The molecule has 0 saturated carbocycles. The predicted octanol–water partition coefficient (Wildman–Crippen LogP) is 2.09. The number of aliphatic hydroxyl groups excluding tert-OH is 1. The van der Waals surface area contributed by atoms with E-state index in [2.05, 4.69) is 17.2 Å². The summed E-state index contributed by atoms with van der Waals surface area (Å²) < 4.78 is 5.15. The number of hydrogen-bond acceptors (Lipinski definition) is 3. The molecule has 1 aromatic carbocycles. The van der Waals surface area contributed by atoms with E-state index in [1.165, 1.54) is 7.11 Å². The summed E-state index contributed by atoms with van der Waals surface area (Å²) in [6, 6.07) is 5.61. The zero-order valence-corrected chi connectivity index (χ0v) is 12.4. The largest absolute Gasteiger partial charge is 0.395 e. The topological polar surface area (TPSA) is 58.6 Å². The fourth-order valence-electron chi connectivity index (χ4n) is 1.42. The fraction of sp³-hybridized carbons (Fsp3) is 0.438. The standard InChI is InChI=1S/C16H21NO3/c1-12-8-9-13(7-5-6-10-18)11-14(12)17-15(19)16(2,3)20-4/h8-9,11,18H,6,10H2,1-4H3,(H,17,19). The van der Waals surface area contributed by atoms with Crippen molar-refractivity contribution in [3.8, 4) is 11.8 Å². The monoisotopic (exact) mass is 275 g/mol. The lowest BCUT2D eigenvalue weighted by atomic mass is 10.1. The SMILES string of the molecule is COC(C)(C)C(=O)Nc1cc(C#CCCO)ccc1C. The number of carbonyl (C=O) groups excluding carboxylic acids is 1. The summed E-state index contributed by atoms with van der Waals surface area (Å²) in [6.07, 6.45) is 0.437. The lowest BCUT2D eigenvalue weighted by Gasteiger charge is -2.22. The molecular weight excluding hydrogens is 254 g/mol. The van der Waals surface area contributed by atoms with Crippen molar-refractivity contribution in [2.75, 3.05) is 19.0 Å². The van der Waals surface area contributed by atoms with Gasteiger partial charge in [-0.05, 0) is 38.5 Å². The second-order valence-electron chi connectivity index (χ2n) is 4.97. The molecule has 0 atom stereocenters. The summed E-state index contributed by atoms with van der Waals surface area (Å²) in [4.78, 5) is 12.1. The van der Waals surface area contributed by atoms with E-state index in [1.807, 2.05) is 25.1 Å². The molecule has 108 valence electrons. The first-order valence-electron chi connectivity index (χ1n) is 6.47. The first-order valence-corrected chi connectivity index (χ1v) is 6.47. The van der Waals surface area contributed by atoms with Crippen molar-refractivity contribution in [1.29, 1.82) is 0 Å². The van der Waals surface area contributed by atoms with Gasteiger partial charge in [0.15, 0.2) is 0 Å². The first-order chi connectivity index (χ1) is 9.40. The smallest absolute Gasteiger partial charge is 0.256 e. The van der Waals surface area contributed by atoms with Crippen molar-refractivity contribution in [3.05, 3.63) is 29.3 Å². The van der Waals surface area contributed by atoms with Gasteiger partial charge in [-0.1, -0.05) is 17.9 Å². The number of ether oxygens (including phenoxy) is 1. The van der Waals surface area contributed by atoms with Gasteiger partial charge in [-0.2, -0.15) is 0 Å². The molecule has 0 bridgehead atoms. The molecule has 4 nitrogen and oxygen atoms in total. The van der Waals surface area contributed by atoms with E-state index in [0.29, 0.717) is 6.42 Å². The minimum atomic E-state index is -0.884. The van der Waals surface area contributed by atoms with Crippen LogP contribution in [-0.2, 0) is 9.53 Å². The molecule has 0 aliphatic carbocycles. The van der Waals surface area contributed by atoms with Gasteiger partial charge in [0.1, 0.15) is 5.60 Å². The highest BCUT2D eigenvalue weighted by molar-refractivity contribution is 5.97. The van der Waals surface area contributed by atoms with Crippen LogP contribution in [0, 0.1) is 18.8 Å². The van der Waals surface area contributed by atoms with Crippen LogP contribution >= 0.6 is 0 Å². The Morgan fingerprint density at radius 3 is 2.75 bits per heavy atom. The highest BCUT2D eigenvalue weighted by atomic mass is 16.5. The molecule has 1 aromatic rings. The molecule has 0 aromatic heterocycles. The molecule has 0 fully saturated rings. The molecule has 0 radical (unpaired) electrons. The van der Waals surface area contributed by atoms with Gasteiger partial charge in [0.25, 0.3) is 5.91 Å². The Kier molecular flexibility index (Phi) is 5.75. The summed E-state index contributed by atoms with van der Waals surface area (Å²) in [5.74, 6) is 5.60. The van der Waals surface area contributed by atoms with Crippen LogP contribution in [0.15, 0.2) is 18.2 Å². The highest BCUT2D eigenvalue weighted by Crippen LogP contribution is 2.19. The lowest BCUT2D eigenvalue weighted by molar-refractivity contribution is -0.133. The van der Waals surface area contributed by atoms with Gasteiger partial charge in [-0.3, -0.25) is 4.79 Å². The molecule has 0 saturated heterocycles. The van der Waals surface area contributed by atoms with E-state index in [4.69, 9.17) is 9.84 Å². The van der Waals surface area contributed by atoms with Crippen molar-refractivity contribution >= 4 is 11.6 Å². The van der Waals surface area contributed by atoms with Crippen LogP contribution in [0.3, 0.4) is 0 Å². The van der Waals surface area contributed by atoms with Crippen LogP contribution in [0.1, 0.15) is 31.4 Å². The van der Waals surface area contributed by atoms with Gasteiger partial charge < -0.3 is 15.2 Å². The third-order valence-corrected chi connectivity index (χ3v) is 3.01. The lowest BCUT2D eigenvalue weighted by Crippen LogP contribution is -2.39. The van der Waals surface area contributed by atoms with E-state index in [-0.39, 0.29) is 12.5 Å². The summed E-state index contributed by atoms with van der Waals surface area (Å²) in [5.41, 5.74) is 1.59. The summed E-state index contributed by atoms with van der Waals surface area (Å²) in [7, 11) is 1.50. The summed E-state index contributed by atoms with van der Waals surface area (Å²) >= 11 is 0. The number of aryl methyl sites for hydroxylation is 1. The van der Waals surface area contributed by atoms with Gasteiger partial charge in [-0.15, -0.1) is 0 Å². The zero-order chi connectivity index (χ0) is 15.2. The van der Waals surface area contributed by atoms with Crippen molar-refractivity contribution in [1.82, 2.24) is 0 Å². The Morgan fingerprint density at radius 1 is 1.45 bits per heavy atom. The maximum Gasteiger partial charge on any atom is 0.256 e. The molecule has 0 heterocycles. The molecule has 20 heavy (non-hydrogen) atoms. The van der Waals surface area contributed by atoms with Crippen LogP contribution in [-0.4, -0.2) is 30.3 Å². The zero-order valence-electron chi connectivity index (χ0n) is 12.4. The van der Waals surface area contributed by atoms with Crippen LogP contribution in [0.5, 0.6) is 0 Å². The highest BCUT2D eigenvalue weighted by Gasteiger charge is 2.27. The Morgan fingerprint density at radius 2 is 2.15 bits per heavy atom. The Hall–Kier alpha value is -1.83. The minimum absolute atomic E-state index is 0.0461. The Balaban J connectivity index is 2.93.